The minimum atomic E-state index is -0.837. The molecule has 2 atom stereocenters. The number of fused-ring (bicyclic) bond motifs is 1. The fraction of sp³-hybridized carbons (Fsp3) is 0.526. The molecule has 142 valence electrons. The van der Waals surface area contributed by atoms with Crippen LogP contribution in [0.1, 0.15) is 52.5 Å². The van der Waals surface area contributed by atoms with E-state index >= 15 is 0 Å². The van der Waals surface area contributed by atoms with Crippen LogP contribution >= 0.6 is 0 Å². The fourth-order valence-corrected chi connectivity index (χ4v) is 2.79. The summed E-state index contributed by atoms with van der Waals surface area (Å²) in [5.74, 6) is -2.85. The van der Waals surface area contributed by atoms with Crippen LogP contribution in [0.4, 0.5) is 10.1 Å². The second-order valence-electron chi connectivity index (χ2n) is 7.80. The van der Waals surface area contributed by atoms with Gasteiger partial charge in [0.15, 0.2) is 0 Å². The third-order valence-corrected chi connectivity index (χ3v) is 4.00. The Bertz CT molecular complexity index is 725. The van der Waals surface area contributed by atoms with Gasteiger partial charge < -0.3 is 15.4 Å². The van der Waals surface area contributed by atoms with Gasteiger partial charge >= 0.3 is 5.97 Å². The molecule has 1 aromatic carbocycles. The molecule has 26 heavy (non-hydrogen) atoms. The van der Waals surface area contributed by atoms with E-state index in [9.17, 15) is 18.8 Å². The van der Waals surface area contributed by atoms with Gasteiger partial charge in [0.05, 0.1) is 5.92 Å². The van der Waals surface area contributed by atoms with Crippen molar-refractivity contribution in [1.82, 2.24) is 5.32 Å². The standard InChI is InChI=1S/C19H25FN2O4/c1-10(2)16(18(25)26-19(3,4)5)22-17(24)13-9-15(23)21-14-8-11(20)6-7-12(13)14/h6-8,10,13,16H,9H2,1-5H3,(H,21,23)(H,22,24)/t13-,16+/m1/s1. The number of nitrogens with one attached hydrogen (secondary N) is 2. The highest BCUT2D eigenvalue weighted by Gasteiger charge is 2.35. The van der Waals surface area contributed by atoms with E-state index in [2.05, 4.69) is 10.6 Å². The minimum absolute atomic E-state index is 0.0659. The van der Waals surface area contributed by atoms with E-state index in [4.69, 9.17) is 4.74 Å². The van der Waals surface area contributed by atoms with Crippen molar-refractivity contribution < 1.29 is 23.5 Å². The van der Waals surface area contributed by atoms with Crippen LogP contribution in [0.25, 0.3) is 0 Å². The van der Waals surface area contributed by atoms with Crippen LogP contribution in [-0.2, 0) is 19.1 Å². The number of benzene rings is 1. The van der Waals surface area contributed by atoms with Crippen LogP contribution in [0, 0.1) is 11.7 Å². The van der Waals surface area contributed by atoms with Gasteiger partial charge in [0.2, 0.25) is 11.8 Å². The van der Waals surface area contributed by atoms with Crippen molar-refractivity contribution in [1.29, 1.82) is 0 Å². The number of carbonyl (C=O) groups excluding carboxylic acids is 3. The fourth-order valence-electron chi connectivity index (χ4n) is 2.79. The van der Waals surface area contributed by atoms with E-state index in [0.717, 1.165) is 0 Å². The van der Waals surface area contributed by atoms with Gasteiger partial charge in [-0.05, 0) is 44.4 Å². The van der Waals surface area contributed by atoms with Crippen molar-refractivity contribution in [2.75, 3.05) is 5.32 Å². The lowest BCUT2D eigenvalue weighted by atomic mass is 9.89. The second-order valence-corrected chi connectivity index (χ2v) is 7.80. The number of halogens is 1. The SMILES string of the molecule is CC(C)[C@H](NC(=O)[C@@H]1CC(=O)Nc2cc(F)ccc21)C(=O)OC(C)(C)C. The molecule has 2 N–H and O–H groups in total. The Hall–Kier alpha value is -2.44. The Labute approximate surface area is 152 Å². The molecule has 6 nitrogen and oxygen atoms in total. The number of carbonyl (C=O) groups is 3. The Morgan fingerprint density at radius 3 is 2.54 bits per heavy atom. The van der Waals surface area contributed by atoms with E-state index in [-0.39, 0.29) is 23.9 Å². The third kappa shape index (κ3) is 4.80. The zero-order chi connectivity index (χ0) is 19.6. The van der Waals surface area contributed by atoms with E-state index < -0.39 is 35.3 Å². The van der Waals surface area contributed by atoms with Crippen LogP contribution < -0.4 is 10.6 Å². The highest BCUT2D eigenvalue weighted by atomic mass is 19.1. The number of rotatable bonds is 4. The van der Waals surface area contributed by atoms with E-state index in [1.165, 1.54) is 18.2 Å². The molecular formula is C19H25FN2O4. The molecule has 0 saturated heterocycles. The van der Waals surface area contributed by atoms with Crippen molar-refractivity contribution in [2.24, 2.45) is 5.92 Å². The molecule has 7 heteroatoms. The topological polar surface area (TPSA) is 84.5 Å². The summed E-state index contributed by atoms with van der Waals surface area (Å²) in [6.07, 6.45) is -0.0659. The van der Waals surface area contributed by atoms with Crippen LogP contribution in [0.3, 0.4) is 0 Å². The largest absolute Gasteiger partial charge is 0.458 e. The number of anilines is 1. The Balaban J connectivity index is 2.22. The average Bonchev–Trinajstić information content (AvgIpc) is 2.48. The molecule has 1 heterocycles. The minimum Gasteiger partial charge on any atom is -0.458 e. The second kappa shape index (κ2) is 7.43. The first-order valence-electron chi connectivity index (χ1n) is 8.60. The summed E-state index contributed by atoms with van der Waals surface area (Å²) in [5.41, 5.74) is 0.124. The van der Waals surface area contributed by atoms with Gasteiger partial charge in [-0.1, -0.05) is 19.9 Å². The van der Waals surface area contributed by atoms with Crippen molar-refractivity contribution >= 4 is 23.5 Å². The molecule has 1 aromatic rings. The van der Waals surface area contributed by atoms with Crippen LogP contribution in [0.5, 0.6) is 0 Å². The first-order valence-corrected chi connectivity index (χ1v) is 8.60. The molecule has 2 rings (SSSR count). The van der Waals surface area contributed by atoms with E-state index in [1.807, 2.05) is 0 Å². The molecule has 1 aliphatic rings. The van der Waals surface area contributed by atoms with Gasteiger partial charge in [0.1, 0.15) is 17.5 Å². The van der Waals surface area contributed by atoms with Gasteiger partial charge in [-0.3, -0.25) is 9.59 Å². The number of ether oxygens (including phenoxy) is 1. The summed E-state index contributed by atoms with van der Waals surface area (Å²) in [6, 6.07) is 3.06. The van der Waals surface area contributed by atoms with Gasteiger partial charge in [0, 0.05) is 12.1 Å². The number of hydrogen-bond acceptors (Lipinski definition) is 4. The van der Waals surface area contributed by atoms with E-state index in [1.54, 1.807) is 34.6 Å². The maximum atomic E-state index is 13.4. The molecule has 0 saturated carbocycles. The average molecular weight is 364 g/mol. The molecular weight excluding hydrogens is 339 g/mol. The lowest BCUT2D eigenvalue weighted by molar-refractivity contribution is -0.160. The predicted octanol–water partition coefficient (Wildman–Crippen LogP) is 2.73. The van der Waals surface area contributed by atoms with Gasteiger partial charge in [-0.15, -0.1) is 0 Å². The molecule has 0 unspecified atom stereocenters. The molecule has 0 aliphatic carbocycles. The summed E-state index contributed by atoms with van der Waals surface area (Å²) < 4.78 is 18.8. The monoisotopic (exact) mass is 364 g/mol. The van der Waals surface area contributed by atoms with Gasteiger partial charge in [0.25, 0.3) is 0 Å². The number of esters is 1. The first kappa shape index (κ1) is 19.9. The van der Waals surface area contributed by atoms with Crippen molar-refractivity contribution in [3.63, 3.8) is 0 Å². The van der Waals surface area contributed by atoms with Crippen molar-refractivity contribution in [3.8, 4) is 0 Å². The maximum Gasteiger partial charge on any atom is 0.329 e. The Morgan fingerprint density at radius 1 is 1.31 bits per heavy atom. The third-order valence-electron chi connectivity index (χ3n) is 4.00. The Morgan fingerprint density at radius 2 is 1.96 bits per heavy atom. The lowest BCUT2D eigenvalue weighted by Crippen LogP contribution is -2.49. The quantitative estimate of drug-likeness (QED) is 0.805. The smallest absolute Gasteiger partial charge is 0.329 e. The van der Waals surface area contributed by atoms with Crippen LogP contribution in [-0.4, -0.2) is 29.4 Å². The van der Waals surface area contributed by atoms with E-state index in [0.29, 0.717) is 5.56 Å². The van der Waals surface area contributed by atoms with Gasteiger partial charge in [-0.25, -0.2) is 9.18 Å². The number of hydrogen-bond donors (Lipinski definition) is 2. The lowest BCUT2D eigenvalue weighted by Gasteiger charge is -2.29. The molecule has 0 spiro atoms. The normalized spacial score (nSPS) is 18.0. The molecule has 0 bridgehead atoms. The summed E-state index contributed by atoms with van der Waals surface area (Å²) in [5, 5.41) is 5.26. The zero-order valence-electron chi connectivity index (χ0n) is 15.7. The number of amides is 2. The predicted molar refractivity (Wildman–Crippen MR) is 95.0 cm³/mol. The highest BCUT2D eigenvalue weighted by molar-refractivity contribution is 6.01. The first-order chi connectivity index (χ1) is 12.0. The van der Waals surface area contributed by atoms with Crippen molar-refractivity contribution in [2.45, 2.75) is 58.6 Å². The maximum absolute atomic E-state index is 13.4. The highest BCUT2D eigenvalue weighted by Crippen LogP contribution is 2.33. The molecule has 2 amide bonds. The molecule has 1 aliphatic heterocycles. The van der Waals surface area contributed by atoms with Crippen LogP contribution in [0.2, 0.25) is 0 Å². The summed E-state index contributed by atoms with van der Waals surface area (Å²) in [6.45, 7) is 8.85. The summed E-state index contributed by atoms with van der Waals surface area (Å²) in [4.78, 5) is 37.1. The van der Waals surface area contributed by atoms with Gasteiger partial charge in [-0.2, -0.15) is 0 Å². The summed E-state index contributed by atoms with van der Waals surface area (Å²) in [7, 11) is 0. The van der Waals surface area contributed by atoms with Crippen LogP contribution in [0.15, 0.2) is 18.2 Å². The molecule has 0 fully saturated rings. The summed E-state index contributed by atoms with van der Waals surface area (Å²) >= 11 is 0. The molecule has 0 radical (unpaired) electrons. The molecule has 0 aromatic heterocycles. The Kier molecular flexibility index (Phi) is 5.68. The van der Waals surface area contributed by atoms with Crippen molar-refractivity contribution in [3.05, 3.63) is 29.6 Å². The zero-order valence-corrected chi connectivity index (χ0v) is 15.7.